The minimum Gasteiger partial charge on any atom is -0.465 e. The van der Waals surface area contributed by atoms with Crippen LogP contribution in [0.15, 0.2) is 118 Å². The second-order valence-electron chi connectivity index (χ2n) is 9.92. The molecule has 0 saturated heterocycles. The number of rotatable bonds is 11. The van der Waals surface area contributed by atoms with Crippen molar-refractivity contribution in [1.82, 2.24) is 5.32 Å². The van der Waals surface area contributed by atoms with Crippen molar-refractivity contribution in [3.05, 3.63) is 131 Å². The van der Waals surface area contributed by atoms with Gasteiger partial charge in [-0.25, -0.2) is 4.79 Å². The number of esters is 1. The van der Waals surface area contributed by atoms with Crippen molar-refractivity contribution in [2.45, 2.75) is 11.8 Å². The number of anilines is 2. The van der Waals surface area contributed by atoms with Gasteiger partial charge in [0.1, 0.15) is 22.0 Å². The predicted octanol–water partition coefficient (Wildman–Crippen LogP) is 7.24. The first-order chi connectivity index (χ1) is 22.3. The van der Waals surface area contributed by atoms with Gasteiger partial charge in [-0.15, -0.1) is 23.1 Å². The fraction of sp³-hybridized carbons (Fsp3) is 0.0857. The average molecular weight is 652 g/mol. The molecule has 0 bridgehead atoms. The van der Waals surface area contributed by atoms with Crippen molar-refractivity contribution in [3.63, 3.8) is 0 Å². The zero-order valence-electron chi connectivity index (χ0n) is 24.9. The Labute approximate surface area is 273 Å². The first-order valence-electron chi connectivity index (χ1n) is 14.0. The van der Waals surface area contributed by atoms with Crippen molar-refractivity contribution >= 4 is 63.6 Å². The minimum absolute atomic E-state index is 0.0106. The van der Waals surface area contributed by atoms with Crippen LogP contribution >= 0.6 is 23.1 Å². The molecule has 5 aromatic rings. The van der Waals surface area contributed by atoms with E-state index in [1.807, 2.05) is 42.6 Å². The molecule has 3 amide bonds. The third kappa shape index (κ3) is 8.20. The summed E-state index contributed by atoms with van der Waals surface area (Å²) in [5.41, 5.74) is 3.77. The lowest BCUT2D eigenvalue weighted by Gasteiger charge is -2.12. The first kappa shape index (κ1) is 32.0. The van der Waals surface area contributed by atoms with Gasteiger partial charge >= 0.3 is 5.97 Å². The monoisotopic (exact) mass is 651 g/mol. The summed E-state index contributed by atoms with van der Waals surface area (Å²) in [6, 6.07) is 26.6. The molecule has 9 nitrogen and oxygen atoms in total. The number of carbonyl (C=O) groups is 4. The highest BCUT2D eigenvalue weighted by molar-refractivity contribution is 8.00. The number of methoxy groups -OCH3 is 1. The van der Waals surface area contributed by atoms with E-state index in [0.717, 1.165) is 16.0 Å². The van der Waals surface area contributed by atoms with Gasteiger partial charge in [-0.3, -0.25) is 14.4 Å². The molecular weight excluding hydrogens is 623 g/mol. The van der Waals surface area contributed by atoms with Gasteiger partial charge in [-0.05, 0) is 55.0 Å². The number of thioether (sulfide) groups is 1. The zero-order valence-corrected chi connectivity index (χ0v) is 26.5. The Balaban J connectivity index is 1.25. The molecule has 0 fully saturated rings. The van der Waals surface area contributed by atoms with E-state index in [1.165, 1.54) is 42.5 Å². The summed E-state index contributed by atoms with van der Waals surface area (Å²) in [5, 5.41) is 10.5. The number of thiophene rings is 1. The van der Waals surface area contributed by atoms with Crippen LogP contribution in [0.3, 0.4) is 0 Å². The van der Waals surface area contributed by atoms with Crippen LogP contribution in [0.25, 0.3) is 17.2 Å². The minimum atomic E-state index is -0.557. The Kier molecular flexibility index (Phi) is 10.5. The maximum Gasteiger partial charge on any atom is 0.341 e. The van der Waals surface area contributed by atoms with Gasteiger partial charge in [0.2, 0.25) is 5.91 Å². The third-order valence-corrected chi connectivity index (χ3v) is 8.51. The summed E-state index contributed by atoms with van der Waals surface area (Å²) < 4.78 is 10.4. The number of hydrogen-bond donors (Lipinski definition) is 3. The van der Waals surface area contributed by atoms with Gasteiger partial charge in [-0.2, -0.15) is 0 Å². The topological polar surface area (TPSA) is 127 Å². The van der Waals surface area contributed by atoms with Crippen molar-refractivity contribution in [2.75, 3.05) is 23.5 Å². The van der Waals surface area contributed by atoms with Crippen LogP contribution in [0.4, 0.5) is 10.7 Å². The van der Waals surface area contributed by atoms with Gasteiger partial charge in [0.25, 0.3) is 11.8 Å². The fourth-order valence-electron chi connectivity index (χ4n) is 4.33. The van der Waals surface area contributed by atoms with E-state index >= 15 is 0 Å². The maximum atomic E-state index is 13.3. The zero-order chi connectivity index (χ0) is 32.5. The maximum absolute atomic E-state index is 13.3. The summed E-state index contributed by atoms with van der Waals surface area (Å²) >= 11 is 2.51. The van der Waals surface area contributed by atoms with Crippen LogP contribution < -0.4 is 16.0 Å². The van der Waals surface area contributed by atoms with E-state index < -0.39 is 17.8 Å². The smallest absolute Gasteiger partial charge is 0.341 e. The number of ether oxygens (including phenoxy) is 1. The number of aryl methyl sites for hydroxylation is 1. The number of benzene rings is 3. The molecule has 0 aliphatic rings. The third-order valence-electron chi connectivity index (χ3n) is 6.62. The number of furan rings is 1. The number of nitrogens with one attached hydrogen (secondary N) is 3. The molecule has 0 unspecified atom stereocenters. The van der Waals surface area contributed by atoms with Gasteiger partial charge in [0.15, 0.2) is 0 Å². The molecule has 0 spiro atoms. The Morgan fingerprint density at radius 3 is 2.41 bits per heavy atom. The molecule has 0 atom stereocenters. The van der Waals surface area contributed by atoms with Crippen molar-refractivity contribution in [1.29, 1.82) is 0 Å². The van der Waals surface area contributed by atoms with Crippen molar-refractivity contribution in [2.24, 2.45) is 0 Å². The fourth-order valence-corrected chi connectivity index (χ4v) is 6.06. The van der Waals surface area contributed by atoms with Crippen LogP contribution in [0, 0.1) is 6.92 Å². The second kappa shape index (κ2) is 15.1. The lowest BCUT2D eigenvalue weighted by Crippen LogP contribution is -2.30. The van der Waals surface area contributed by atoms with E-state index in [0.29, 0.717) is 33.1 Å². The molecule has 2 heterocycles. The van der Waals surface area contributed by atoms with Crippen molar-refractivity contribution in [3.8, 4) is 11.1 Å². The molecule has 0 saturated carbocycles. The molecule has 3 N–H and O–H groups in total. The van der Waals surface area contributed by atoms with E-state index in [9.17, 15) is 19.2 Å². The van der Waals surface area contributed by atoms with E-state index in [2.05, 4.69) is 16.0 Å². The van der Waals surface area contributed by atoms with Gasteiger partial charge in [0.05, 0.1) is 19.1 Å². The van der Waals surface area contributed by atoms with Crippen LogP contribution in [0.2, 0.25) is 0 Å². The van der Waals surface area contributed by atoms with Crippen LogP contribution in [0.5, 0.6) is 0 Å². The summed E-state index contributed by atoms with van der Waals surface area (Å²) in [4.78, 5) is 52.4. The van der Waals surface area contributed by atoms with Crippen LogP contribution in [-0.4, -0.2) is 36.6 Å². The van der Waals surface area contributed by atoms with E-state index in [1.54, 1.807) is 60.7 Å². The molecule has 0 aliphatic heterocycles. The number of amides is 3. The SMILES string of the molecule is COC(=O)c1c(-c2ccc(C)cc2)csc1NC(=O)CSc1cccc(NC(=O)/C(=C/c2ccco2)NC(=O)c2ccccc2)c1. The average Bonchev–Trinajstić information content (AvgIpc) is 3.74. The second-order valence-corrected chi connectivity index (χ2v) is 11.9. The summed E-state index contributed by atoms with van der Waals surface area (Å²) in [6.07, 6.45) is 2.91. The van der Waals surface area contributed by atoms with Gasteiger partial charge in [0, 0.05) is 33.2 Å². The first-order valence-corrected chi connectivity index (χ1v) is 15.9. The predicted molar refractivity (Wildman–Crippen MR) is 181 cm³/mol. The van der Waals surface area contributed by atoms with E-state index in [4.69, 9.17) is 9.15 Å². The quantitative estimate of drug-likeness (QED) is 0.0781. The Bertz CT molecular complexity index is 1880. The highest BCUT2D eigenvalue weighted by Crippen LogP contribution is 2.36. The molecule has 2 aromatic heterocycles. The molecule has 11 heteroatoms. The lowest BCUT2D eigenvalue weighted by molar-refractivity contribution is -0.114. The van der Waals surface area contributed by atoms with Gasteiger partial charge < -0.3 is 25.1 Å². The molecular formula is C35H29N3O6S2. The van der Waals surface area contributed by atoms with Crippen LogP contribution in [0.1, 0.15) is 32.0 Å². The highest BCUT2D eigenvalue weighted by atomic mass is 32.2. The Morgan fingerprint density at radius 2 is 1.70 bits per heavy atom. The Hall–Kier alpha value is -5.39. The molecule has 3 aromatic carbocycles. The standard InChI is InChI=1S/C35H29N3O6S2/c1-22-13-15-23(16-14-22)28-20-46-34(31(28)35(42)43-2)38-30(39)21-45-27-12-6-10-25(18-27)36-33(41)29(19-26-11-7-17-44-26)37-32(40)24-8-4-3-5-9-24/h3-20H,21H2,1-2H3,(H,36,41)(H,37,40)(H,38,39)/b29-19-. The molecule has 46 heavy (non-hydrogen) atoms. The molecule has 0 radical (unpaired) electrons. The summed E-state index contributed by atoms with van der Waals surface area (Å²) in [7, 11) is 1.30. The highest BCUT2D eigenvalue weighted by Gasteiger charge is 2.22. The Morgan fingerprint density at radius 1 is 0.913 bits per heavy atom. The van der Waals surface area contributed by atoms with E-state index in [-0.39, 0.29) is 17.4 Å². The summed E-state index contributed by atoms with van der Waals surface area (Å²) in [6.45, 7) is 1.98. The lowest BCUT2D eigenvalue weighted by atomic mass is 10.0. The molecule has 0 aliphatic carbocycles. The molecule has 232 valence electrons. The number of hydrogen-bond acceptors (Lipinski definition) is 8. The summed E-state index contributed by atoms with van der Waals surface area (Å²) in [5.74, 6) is -1.42. The normalized spacial score (nSPS) is 11.0. The van der Waals surface area contributed by atoms with Gasteiger partial charge in [-0.1, -0.05) is 54.1 Å². The number of carbonyl (C=O) groups excluding carboxylic acids is 4. The van der Waals surface area contributed by atoms with Crippen LogP contribution in [-0.2, 0) is 14.3 Å². The molecule has 5 rings (SSSR count). The largest absolute Gasteiger partial charge is 0.465 e. The van der Waals surface area contributed by atoms with Crippen molar-refractivity contribution < 1.29 is 28.3 Å².